The van der Waals surface area contributed by atoms with Crippen LogP contribution in [0.25, 0.3) is 11.0 Å². The predicted octanol–water partition coefficient (Wildman–Crippen LogP) is 3.11. The Balaban J connectivity index is 1.43. The molecule has 1 saturated heterocycles. The van der Waals surface area contributed by atoms with E-state index in [1.54, 1.807) is 6.07 Å². The molecule has 0 radical (unpaired) electrons. The number of urea groups is 1. The molecule has 1 aromatic carbocycles. The number of nitrogens with zero attached hydrogens (tertiary/aromatic N) is 3. The van der Waals surface area contributed by atoms with Crippen molar-refractivity contribution in [1.82, 2.24) is 15.3 Å². The maximum absolute atomic E-state index is 13.6. The number of hydrogen-bond acceptors (Lipinski definition) is 6. The minimum absolute atomic E-state index is 0.0214. The molecule has 1 atom stereocenters. The van der Waals surface area contributed by atoms with Gasteiger partial charge in [0.1, 0.15) is 17.2 Å². The van der Waals surface area contributed by atoms with E-state index in [4.69, 9.17) is 10.2 Å². The van der Waals surface area contributed by atoms with Gasteiger partial charge >= 0.3 is 6.03 Å². The number of halogens is 1. The average Bonchev–Trinajstić information content (AvgIpc) is 3.01. The second-order valence-corrected chi connectivity index (χ2v) is 8.33. The highest BCUT2D eigenvalue weighted by molar-refractivity contribution is 5.89. The zero-order chi connectivity index (χ0) is 23.0. The number of hydrogen-bond donors (Lipinski definition) is 3. The molecule has 0 spiro atoms. The third kappa shape index (κ3) is 4.20. The lowest BCUT2D eigenvalue weighted by molar-refractivity contribution is -0.122. The number of carbonyl (C=O) groups is 2. The summed E-state index contributed by atoms with van der Waals surface area (Å²) in [6.45, 7) is 6.74. The van der Waals surface area contributed by atoms with Crippen LogP contribution in [0.4, 0.5) is 20.8 Å². The van der Waals surface area contributed by atoms with Gasteiger partial charge in [0.2, 0.25) is 11.9 Å². The Morgan fingerprint density at radius 1 is 1.25 bits per heavy atom. The number of amides is 3. The molecule has 1 aliphatic rings. The number of fused-ring (bicyclic) bond motifs is 1. The highest BCUT2D eigenvalue weighted by Crippen LogP contribution is 2.33. The summed E-state index contributed by atoms with van der Waals surface area (Å²) in [5, 5.41) is 6.32. The van der Waals surface area contributed by atoms with Crippen molar-refractivity contribution in [2.24, 2.45) is 17.6 Å². The summed E-state index contributed by atoms with van der Waals surface area (Å²) in [4.78, 5) is 34.1. The SMILES string of the molecule is Cc1c([C@@H](NC(=O)Nc2cnc(N3CC(C(N)=O)C3)nc2)C(C)C)oc2ccc(F)cc12. The summed E-state index contributed by atoms with van der Waals surface area (Å²) in [6.07, 6.45) is 3.00. The molecule has 3 heterocycles. The van der Waals surface area contributed by atoms with Crippen molar-refractivity contribution in [2.45, 2.75) is 26.8 Å². The molecule has 0 bridgehead atoms. The summed E-state index contributed by atoms with van der Waals surface area (Å²) in [6, 6.07) is 3.50. The standard InChI is InChI=1S/C22H25FN6O3/c1-11(2)18(19-12(3)16-6-14(23)4-5-17(16)32-19)28-22(31)27-15-7-25-21(26-8-15)29-9-13(10-29)20(24)30/h4-8,11,13,18H,9-10H2,1-3H3,(H2,24,30)(H2,27,28,31)/t18-/m0/s1. The quantitative estimate of drug-likeness (QED) is 0.541. The predicted molar refractivity (Wildman–Crippen MR) is 118 cm³/mol. The van der Waals surface area contributed by atoms with Crippen molar-refractivity contribution < 1.29 is 18.4 Å². The van der Waals surface area contributed by atoms with Crippen LogP contribution in [-0.2, 0) is 4.79 Å². The van der Waals surface area contributed by atoms with Crippen LogP contribution in [0.15, 0.2) is 35.0 Å². The lowest BCUT2D eigenvalue weighted by atomic mass is 9.98. The maximum Gasteiger partial charge on any atom is 0.319 e. The first kappa shape index (κ1) is 21.5. The number of primary amides is 1. The van der Waals surface area contributed by atoms with E-state index in [9.17, 15) is 14.0 Å². The highest BCUT2D eigenvalue weighted by atomic mass is 19.1. The number of carbonyl (C=O) groups excluding carboxylic acids is 2. The molecule has 10 heteroatoms. The van der Waals surface area contributed by atoms with Gasteiger partial charge in [-0.2, -0.15) is 0 Å². The van der Waals surface area contributed by atoms with Crippen molar-refractivity contribution >= 4 is 34.5 Å². The smallest absolute Gasteiger partial charge is 0.319 e. The largest absolute Gasteiger partial charge is 0.459 e. The second kappa shape index (κ2) is 8.45. The Morgan fingerprint density at radius 3 is 2.56 bits per heavy atom. The Hall–Kier alpha value is -3.69. The number of aromatic nitrogens is 2. The molecule has 4 N–H and O–H groups in total. The summed E-state index contributed by atoms with van der Waals surface area (Å²) >= 11 is 0. The van der Waals surface area contributed by atoms with E-state index in [-0.39, 0.29) is 23.6 Å². The van der Waals surface area contributed by atoms with Gasteiger partial charge in [-0.3, -0.25) is 4.79 Å². The number of benzene rings is 1. The van der Waals surface area contributed by atoms with Crippen LogP contribution in [0.3, 0.4) is 0 Å². The molecule has 168 valence electrons. The molecule has 3 aromatic rings. The van der Waals surface area contributed by atoms with Gasteiger partial charge in [-0.25, -0.2) is 19.2 Å². The van der Waals surface area contributed by atoms with Gasteiger partial charge < -0.3 is 25.7 Å². The first-order valence-corrected chi connectivity index (χ1v) is 10.3. The van der Waals surface area contributed by atoms with E-state index in [0.717, 1.165) is 5.56 Å². The molecule has 3 amide bonds. The van der Waals surface area contributed by atoms with Crippen molar-refractivity contribution in [3.8, 4) is 0 Å². The third-order valence-corrected chi connectivity index (χ3v) is 5.63. The molecule has 32 heavy (non-hydrogen) atoms. The Labute approximate surface area is 184 Å². The lowest BCUT2D eigenvalue weighted by Gasteiger charge is -2.37. The van der Waals surface area contributed by atoms with Crippen LogP contribution >= 0.6 is 0 Å². The average molecular weight is 440 g/mol. The van der Waals surface area contributed by atoms with E-state index >= 15 is 0 Å². The van der Waals surface area contributed by atoms with E-state index in [2.05, 4.69) is 20.6 Å². The van der Waals surface area contributed by atoms with E-state index in [1.165, 1.54) is 24.5 Å². The fourth-order valence-electron chi connectivity index (χ4n) is 3.72. The molecular weight excluding hydrogens is 415 g/mol. The summed E-state index contributed by atoms with van der Waals surface area (Å²) in [5.74, 6) is 0.219. The molecule has 1 fully saturated rings. The van der Waals surface area contributed by atoms with Crippen LogP contribution in [0.1, 0.15) is 31.2 Å². The molecule has 4 rings (SSSR count). The van der Waals surface area contributed by atoms with Crippen molar-refractivity contribution in [3.05, 3.63) is 47.7 Å². The normalized spacial score (nSPS) is 15.0. The molecule has 0 saturated carbocycles. The van der Waals surface area contributed by atoms with Gasteiger partial charge in [-0.15, -0.1) is 0 Å². The number of furan rings is 1. The molecule has 0 aliphatic carbocycles. The lowest BCUT2D eigenvalue weighted by Crippen LogP contribution is -2.53. The summed E-state index contributed by atoms with van der Waals surface area (Å²) < 4.78 is 19.6. The fourth-order valence-corrected chi connectivity index (χ4v) is 3.72. The Kier molecular flexibility index (Phi) is 5.68. The van der Waals surface area contributed by atoms with Gasteiger partial charge in [0, 0.05) is 24.0 Å². The molecule has 1 aliphatic heterocycles. The topological polar surface area (TPSA) is 126 Å². The van der Waals surface area contributed by atoms with Crippen molar-refractivity contribution in [1.29, 1.82) is 0 Å². The monoisotopic (exact) mass is 440 g/mol. The zero-order valence-electron chi connectivity index (χ0n) is 18.1. The highest BCUT2D eigenvalue weighted by Gasteiger charge is 2.32. The maximum atomic E-state index is 13.6. The summed E-state index contributed by atoms with van der Waals surface area (Å²) in [7, 11) is 0. The molecule has 9 nitrogen and oxygen atoms in total. The van der Waals surface area contributed by atoms with Crippen molar-refractivity contribution in [2.75, 3.05) is 23.3 Å². The first-order valence-electron chi connectivity index (χ1n) is 10.3. The van der Waals surface area contributed by atoms with Gasteiger partial charge in [0.25, 0.3) is 0 Å². The third-order valence-electron chi connectivity index (χ3n) is 5.63. The van der Waals surface area contributed by atoms with Crippen molar-refractivity contribution in [3.63, 3.8) is 0 Å². The fraction of sp³-hybridized carbons (Fsp3) is 0.364. The summed E-state index contributed by atoms with van der Waals surface area (Å²) in [5.41, 5.74) is 7.05. The van der Waals surface area contributed by atoms with E-state index in [1.807, 2.05) is 25.7 Å². The molecular formula is C22H25FN6O3. The van der Waals surface area contributed by atoms with E-state index < -0.39 is 12.1 Å². The number of rotatable bonds is 6. The zero-order valence-corrected chi connectivity index (χ0v) is 18.1. The Morgan fingerprint density at radius 2 is 1.94 bits per heavy atom. The van der Waals surface area contributed by atoms with Crippen LogP contribution in [0.5, 0.6) is 0 Å². The molecule has 0 unspecified atom stereocenters. The number of nitrogens with one attached hydrogen (secondary N) is 2. The van der Waals surface area contributed by atoms with Crippen LogP contribution < -0.4 is 21.3 Å². The second-order valence-electron chi connectivity index (χ2n) is 8.33. The van der Waals surface area contributed by atoms with Gasteiger partial charge in [0.15, 0.2) is 0 Å². The minimum Gasteiger partial charge on any atom is -0.459 e. The Bertz CT molecular complexity index is 1150. The van der Waals surface area contributed by atoms with Gasteiger partial charge in [-0.05, 0) is 31.0 Å². The first-order chi connectivity index (χ1) is 15.2. The van der Waals surface area contributed by atoms with Gasteiger partial charge in [0.05, 0.1) is 30.0 Å². The number of anilines is 2. The molecule has 2 aromatic heterocycles. The van der Waals surface area contributed by atoms with Crippen LogP contribution in [0.2, 0.25) is 0 Å². The number of nitrogens with two attached hydrogens (primary N) is 1. The van der Waals surface area contributed by atoms with Crippen LogP contribution in [0, 0.1) is 24.6 Å². The number of aryl methyl sites for hydroxylation is 1. The van der Waals surface area contributed by atoms with Crippen LogP contribution in [-0.4, -0.2) is 35.0 Å². The van der Waals surface area contributed by atoms with Gasteiger partial charge in [-0.1, -0.05) is 13.8 Å². The minimum atomic E-state index is -0.441. The van der Waals surface area contributed by atoms with E-state index in [0.29, 0.717) is 41.5 Å².